The molecular formula is C17H28N4O2S. The van der Waals surface area contributed by atoms with E-state index >= 15 is 0 Å². The lowest BCUT2D eigenvalue weighted by Crippen LogP contribution is -2.40. The summed E-state index contributed by atoms with van der Waals surface area (Å²) >= 11 is 0. The second-order valence-corrected chi connectivity index (χ2v) is 8.21. The van der Waals surface area contributed by atoms with Crippen LogP contribution >= 0.6 is 0 Å². The standard InChI is InChI=1S/C17H28N4O2S/c1-4-18-17(19-12-8-13-20(3)24(22,23)5-2)21-14-11-15-9-6-7-10-16(15)21/h6-7,9-10H,4-5,8,11-14H2,1-3H3,(H,18,19). The summed E-state index contributed by atoms with van der Waals surface area (Å²) in [6, 6.07) is 8.39. The molecule has 1 aromatic carbocycles. The lowest BCUT2D eigenvalue weighted by Gasteiger charge is -2.22. The van der Waals surface area contributed by atoms with Crippen molar-refractivity contribution in [3.63, 3.8) is 0 Å². The Labute approximate surface area is 145 Å². The summed E-state index contributed by atoms with van der Waals surface area (Å²) in [5, 5.41) is 3.34. The molecule has 0 aromatic heterocycles. The van der Waals surface area contributed by atoms with E-state index in [-0.39, 0.29) is 5.75 Å². The summed E-state index contributed by atoms with van der Waals surface area (Å²) in [7, 11) is -1.48. The Bertz CT molecular complexity index is 673. The maximum atomic E-state index is 11.7. The Balaban J connectivity index is 1.98. The Morgan fingerprint density at radius 2 is 2.08 bits per heavy atom. The quantitative estimate of drug-likeness (QED) is 0.461. The SMILES string of the molecule is CCNC(=NCCCN(C)S(=O)(=O)CC)N1CCc2ccccc21. The number of para-hydroxylation sites is 1. The zero-order valence-corrected chi connectivity index (χ0v) is 15.6. The number of aliphatic imine (C=N–C) groups is 1. The molecule has 7 heteroatoms. The van der Waals surface area contributed by atoms with Crippen LogP contribution in [-0.2, 0) is 16.4 Å². The number of benzene rings is 1. The predicted molar refractivity (Wildman–Crippen MR) is 100 cm³/mol. The molecule has 2 rings (SSSR count). The van der Waals surface area contributed by atoms with Crippen molar-refractivity contribution in [2.45, 2.75) is 26.7 Å². The van der Waals surface area contributed by atoms with Crippen molar-refractivity contribution in [1.82, 2.24) is 9.62 Å². The van der Waals surface area contributed by atoms with Gasteiger partial charge in [-0.3, -0.25) is 4.99 Å². The first-order valence-corrected chi connectivity index (χ1v) is 10.2. The minimum atomic E-state index is -3.11. The zero-order chi connectivity index (χ0) is 17.6. The minimum absolute atomic E-state index is 0.139. The van der Waals surface area contributed by atoms with E-state index in [1.807, 2.05) is 6.07 Å². The van der Waals surface area contributed by atoms with Crippen LogP contribution in [0.4, 0.5) is 5.69 Å². The van der Waals surface area contributed by atoms with Crippen LogP contribution < -0.4 is 10.2 Å². The Morgan fingerprint density at radius 1 is 1.33 bits per heavy atom. The fourth-order valence-corrected chi connectivity index (χ4v) is 3.64. The molecule has 0 radical (unpaired) electrons. The molecule has 1 aromatic rings. The largest absolute Gasteiger partial charge is 0.356 e. The number of sulfonamides is 1. The van der Waals surface area contributed by atoms with Gasteiger partial charge >= 0.3 is 0 Å². The van der Waals surface area contributed by atoms with Gasteiger partial charge in [-0.25, -0.2) is 12.7 Å². The molecule has 0 amide bonds. The highest BCUT2D eigenvalue weighted by atomic mass is 32.2. The molecule has 0 unspecified atom stereocenters. The van der Waals surface area contributed by atoms with Gasteiger partial charge in [0.15, 0.2) is 5.96 Å². The van der Waals surface area contributed by atoms with E-state index in [2.05, 4.69) is 40.3 Å². The van der Waals surface area contributed by atoms with Gasteiger partial charge in [-0.05, 0) is 38.3 Å². The second-order valence-electron chi connectivity index (χ2n) is 5.84. The predicted octanol–water partition coefficient (Wildman–Crippen LogP) is 1.69. The number of hydrogen-bond donors (Lipinski definition) is 1. The lowest BCUT2D eigenvalue weighted by atomic mass is 10.2. The van der Waals surface area contributed by atoms with Gasteiger partial charge in [0.2, 0.25) is 10.0 Å². The van der Waals surface area contributed by atoms with Gasteiger partial charge in [-0.2, -0.15) is 0 Å². The first-order chi connectivity index (χ1) is 11.5. The van der Waals surface area contributed by atoms with Crippen LogP contribution in [0.2, 0.25) is 0 Å². The summed E-state index contributed by atoms with van der Waals surface area (Å²) < 4.78 is 24.9. The molecule has 6 nitrogen and oxygen atoms in total. The zero-order valence-electron chi connectivity index (χ0n) is 14.8. The van der Waals surface area contributed by atoms with E-state index < -0.39 is 10.0 Å². The summed E-state index contributed by atoms with van der Waals surface area (Å²) in [6.07, 6.45) is 1.73. The summed E-state index contributed by atoms with van der Waals surface area (Å²) in [5.74, 6) is 1.02. The van der Waals surface area contributed by atoms with Crippen LogP contribution in [0.25, 0.3) is 0 Å². The van der Waals surface area contributed by atoms with Gasteiger partial charge in [-0.1, -0.05) is 18.2 Å². The number of guanidine groups is 1. The molecule has 1 aliphatic heterocycles. The highest BCUT2D eigenvalue weighted by molar-refractivity contribution is 7.89. The van der Waals surface area contributed by atoms with Crippen LogP contribution in [0.15, 0.2) is 29.3 Å². The van der Waals surface area contributed by atoms with E-state index in [0.717, 1.165) is 25.5 Å². The Hall–Kier alpha value is -1.60. The minimum Gasteiger partial charge on any atom is -0.356 e. The topological polar surface area (TPSA) is 65.0 Å². The highest BCUT2D eigenvalue weighted by Gasteiger charge is 2.22. The number of hydrogen-bond acceptors (Lipinski definition) is 3. The van der Waals surface area contributed by atoms with Crippen molar-refractivity contribution >= 4 is 21.7 Å². The van der Waals surface area contributed by atoms with Crippen LogP contribution in [-0.4, -0.2) is 57.7 Å². The number of rotatable bonds is 7. The molecular weight excluding hydrogens is 324 g/mol. The van der Waals surface area contributed by atoms with Crippen molar-refractivity contribution in [1.29, 1.82) is 0 Å². The maximum absolute atomic E-state index is 11.7. The number of nitrogens with one attached hydrogen (secondary N) is 1. The Morgan fingerprint density at radius 3 is 2.79 bits per heavy atom. The van der Waals surface area contributed by atoms with Crippen LogP contribution in [0.3, 0.4) is 0 Å². The fourth-order valence-electron chi connectivity index (χ4n) is 2.79. The van der Waals surface area contributed by atoms with E-state index in [1.54, 1.807) is 14.0 Å². The molecule has 0 saturated heterocycles. The molecule has 1 aliphatic rings. The van der Waals surface area contributed by atoms with Gasteiger partial charge < -0.3 is 10.2 Å². The number of anilines is 1. The lowest BCUT2D eigenvalue weighted by molar-refractivity contribution is 0.465. The average Bonchev–Trinajstić information content (AvgIpc) is 3.01. The van der Waals surface area contributed by atoms with Crippen molar-refractivity contribution in [3.8, 4) is 0 Å². The van der Waals surface area contributed by atoms with Crippen LogP contribution in [0.5, 0.6) is 0 Å². The van der Waals surface area contributed by atoms with Crippen molar-refractivity contribution in [3.05, 3.63) is 29.8 Å². The van der Waals surface area contributed by atoms with Crippen molar-refractivity contribution in [2.75, 3.05) is 43.9 Å². The molecule has 0 aliphatic carbocycles. The average molecular weight is 353 g/mol. The third-order valence-corrected chi connectivity index (χ3v) is 6.07. The van der Waals surface area contributed by atoms with E-state index in [0.29, 0.717) is 19.5 Å². The highest BCUT2D eigenvalue weighted by Crippen LogP contribution is 2.27. The van der Waals surface area contributed by atoms with E-state index in [1.165, 1.54) is 15.6 Å². The van der Waals surface area contributed by atoms with Gasteiger partial charge in [0.05, 0.1) is 5.75 Å². The molecule has 0 bridgehead atoms. The van der Waals surface area contributed by atoms with Gasteiger partial charge in [0.1, 0.15) is 0 Å². The second kappa shape index (κ2) is 8.48. The summed E-state index contributed by atoms with van der Waals surface area (Å²) in [4.78, 5) is 6.90. The fraction of sp³-hybridized carbons (Fsp3) is 0.588. The molecule has 1 heterocycles. The normalized spacial score (nSPS) is 15.0. The first-order valence-electron chi connectivity index (χ1n) is 8.57. The van der Waals surface area contributed by atoms with Gasteiger partial charge in [-0.15, -0.1) is 0 Å². The van der Waals surface area contributed by atoms with E-state index in [4.69, 9.17) is 0 Å². The smallest absolute Gasteiger partial charge is 0.213 e. The maximum Gasteiger partial charge on any atom is 0.213 e. The molecule has 24 heavy (non-hydrogen) atoms. The molecule has 0 spiro atoms. The first kappa shape index (κ1) is 18.7. The third kappa shape index (κ3) is 4.48. The van der Waals surface area contributed by atoms with Crippen LogP contribution in [0, 0.1) is 0 Å². The molecule has 0 saturated carbocycles. The van der Waals surface area contributed by atoms with Crippen molar-refractivity contribution < 1.29 is 8.42 Å². The van der Waals surface area contributed by atoms with E-state index in [9.17, 15) is 8.42 Å². The molecule has 1 N–H and O–H groups in total. The monoisotopic (exact) mass is 352 g/mol. The van der Waals surface area contributed by atoms with Crippen LogP contribution in [0.1, 0.15) is 25.8 Å². The third-order valence-electron chi connectivity index (χ3n) is 4.21. The van der Waals surface area contributed by atoms with Crippen molar-refractivity contribution in [2.24, 2.45) is 4.99 Å². The summed E-state index contributed by atoms with van der Waals surface area (Å²) in [6.45, 7) is 6.55. The molecule has 0 atom stereocenters. The summed E-state index contributed by atoms with van der Waals surface area (Å²) in [5.41, 5.74) is 2.56. The molecule has 0 fully saturated rings. The van der Waals surface area contributed by atoms with Gasteiger partial charge in [0.25, 0.3) is 0 Å². The van der Waals surface area contributed by atoms with Gasteiger partial charge in [0, 0.05) is 38.9 Å². The number of fused-ring (bicyclic) bond motifs is 1. The Kier molecular flexibility index (Phi) is 6.62. The number of nitrogens with zero attached hydrogens (tertiary/aromatic N) is 3. The molecule has 134 valence electrons.